The van der Waals surface area contributed by atoms with Gasteiger partial charge in [-0.25, -0.2) is 4.39 Å². The molecule has 0 saturated heterocycles. The van der Waals surface area contributed by atoms with Crippen LogP contribution in [0.15, 0.2) is 48.5 Å². The highest BCUT2D eigenvalue weighted by Crippen LogP contribution is 2.21. The van der Waals surface area contributed by atoms with Crippen molar-refractivity contribution < 1.29 is 9.18 Å². The third kappa shape index (κ3) is 5.93. The van der Waals surface area contributed by atoms with E-state index in [-0.39, 0.29) is 17.8 Å². The topological polar surface area (TPSA) is 50.2 Å². The molecule has 1 N–H and O–H groups in total. The highest BCUT2D eigenvalue weighted by atomic mass is 35.5. The first kappa shape index (κ1) is 23.0. The smallest absolute Gasteiger partial charge is 0.251 e. The van der Waals surface area contributed by atoms with Crippen LogP contribution >= 0.6 is 11.6 Å². The molecule has 2 aromatic carbocycles. The van der Waals surface area contributed by atoms with Crippen molar-refractivity contribution in [1.29, 1.82) is 0 Å². The summed E-state index contributed by atoms with van der Waals surface area (Å²) in [6.07, 6.45) is 0.717. The summed E-state index contributed by atoms with van der Waals surface area (Å²) in [6.45, 7) is 5.12. The Labute approximate surface area is 187 Å². The van der Waals surface area contributed by atoms with Crippen molar-refractivity contribution in [3.63, 3.8) is 0 Å². The highest BCUT2D eigenvalue weighted by Gasteiger charge is 2.17. The van der Waals surface area contributed by atoms with Crippen molar-refractivity contribution in [3.05, 3.63) is 87.4 Å². The standard InChI is InChI=1S/C24H28ClFN4O/c1-16-23(25)17(2)30(28-16)15-18-6-5-7-20(14-18)24(31)27-22(12-13-29(3)4)19-8-10-21(26)11-9-19/h5-11,14,22H,12-13,15H2,1-4H3,(H,27,31). The van der Waals surface area contributed by atoms with E-state index in [1.165, 1.54) is 12.1 Å². The van der Waals surface area contributed by atoms with Gasteiger partial charge in [0, 0.05) is 5.56 Å². The molecule has 1 unspecified atom stereocenters. The lowest BCUT2D eigenvalue weighted by molar-refractivity contribution is 0.0932. The number of amides is 1. The first-order valence-corrected chi connectivity index (χ1v) is 10.6. The number of benzene rings is 2. The highest BCUT2D eigenvalue weighted by molar-refractivity contribution is 6.31. The predicted octanol–water partition coefficient (Wildman–Crippen LogP) is 4.76. The lowest BCUT2D eigenvalue weighted by Crippen LogP contribution is -2.31. The molecule has 31 heavy (non-hydrogen) atoms. The third-order valence-electron chi connectivity index (χ3n) is 5.26. The molecule has 1 aromatic heterocycles. The van der Waals surface area contributed by atoms with Crippen LogP contribution in [0.5, 0.6) is 0 Å². The zero-order chi connectivity index (χ0) is 22.5. The third-order valence-corrected chi connectivity index (χ3v) is 5.80. The summed E-state index contributed by atoms with van der Waals surface area (Å²) in [5, 5.41) is 8.24. The summed E-state index contributed by atoms with van der Waals surface area (Å²) in [4.78, 5) is 15.1. The lowest BCUT2D eigenvalue weighted by Gasteiger charge is -2.21. The van der Waals surface area contributed by atoms with Gasteiger partial charge in [-0.15, -0.1) is 0 Å². The van der Waals surface area contributed by atoms with E-state index in [1.54, 1.807) is 18.2 Å². The number of hydrogen-bond donors (Lipinski definition) is 1. The first-order chi connectivity index (χ1) is 14.7. The summed E-state index contributed by atoms with van der Waals surface area (Å²) in [5.41, 5.74) is 4.10. The molecule has 7 heteroatoms. The van der Waals surface area contributed by atoms with E-state index in [1.807, 2.05) is 50.8 Å². The molecule has 1 amide bonds. The van der Waals surface area contributed by atoms with Gasteiger partial charge in [-0.1, -0.05) is 35.9 Å². The van der Waals surface area contributed by atoms with Crippen molar-refractivity contribution >= 4 is 17.5 Å². The van der Waals surface area contributed by atoms with E-state index >= 15 is 0 Å². The van der Waals surface area contributed by atoms with E-state index in [0.29, 0.717) is 23.6 Å². The van der Waals surface area contributed by atoms with Crippen molar-refractivity contribution in [3.8, 4) is 0 Å². The number of halogens is 2. The number of nitrogens with zero attached hydrogens (tertiary/aromatic N) is 3. The molecular weight excluding hydrogens is 415 g/mol. The van der Waals surface area contributed by atoms with Gasteiger partial charge in [0.25, 0.3) is 5.91 Å². The quantitative estimate of drug-likeness (QED) is 0.547. The molecule has 0 fully saturated rings. The molecule has 0 aliphatic heterocycles. The van der Waals surface area contributed by atoms with Gasteiger partial charge in [-0.3, -0.25) is 9.48 Å². The maximum atomic E-state index is 13.4. The van der Waals surface area contributed by atoms with Crippen LogP contribution in [0.4, 0.5) is 4.39 Å². The number of aromatic nitrogens is 2. The second kappa shape index (κ2) is 10.1. The van der Waals surface area contributed by atoms with Crippen molar-refractivity contribution in [2.24, 2.45) is 0 Å². The van der Waals surface area contributed by atoms with E-state index in [0.717, 1.165) is 29.1 Å². The molecule has 1 atom stereocenters. The van der Waals surface area contributed by atoms with E-state index in [4.69, 9.17) is 11.6 Å². The average molecular weight is 443 g/mol. The summed E-state index contributed by atoms with van der Waals surface area (Å²) in [5.74, 6) is -0.459. The Hall–Kier alpha value is -2.70. The molecule has 0 radical (unpaired) electrons. The van der Waals surface area contributed by atoms with Gasteiger partial charge in [0.2, 0.25) is 0 Å². The van der Waals surface area contributed by atoms with Crippen molar-refractivity contribution in [2.75, 3.05) is 20.6 Å². The second-order valence-corrected chi connectivity index (χ2v) is 8.39. The van der Waals surface area contributed by atoms with Gasteiger partial charge in [0.1, 0.15) is 5.82 Å². The molecule has 0 saturated carbocycles. The Morgan fingerprint density at radius 2 is 1.90 bits per heavy atom. The van der Waals surface area contributed by atoms with Crippen LogP contribution < -0.4 is 5.32 Å². The lowest BCUT2D eigenvalue weighted by atomic mass is 10.0. The second-order valence-electron chi connectivity index (χ2n) is 8.01. The van der Waals surface area contributed by atoms with Crippen LogP contribution in [-0.4, -0.2) is 41.2 Å². The fourth-order valence-electron chi connectivity index (χ4n) is 3.46. The van der Waals surface area contributed by atoms with Gasteiger partial charge in [-0.05, 0) is 76.3 Å². The van der Waals surface area contributed by atoms with Crippen LogP contribution in [0.3, 0.4) is 0 Å². The number of aryl methyl sites for hydroxylation is 1. The van der Waals surface area contributed by atoms with E-state index in [9.17, 15) is 9.18 Å². The Balaban J connectivity index is 1.77. The number of hydrogen-bond acceptors (Lipinski definition) is 3. The molecule has 0 aliphatic rings. The maximum absolute atomic E-state index is 13.4. The summed E-state index contributed by atoms with van der Waals surface area (Å²) in [7, 11) is 3.97. The summed E-state index contributed by atoms with van der Waals surface area (Å²) in [6, 6.07) is 13.6. The molecule has 3 rings (SSSR count). The van der Waals surface area contributed by atoms with Gasteiger partial charge in [0.15, 0.2) is 0 Å². The van der Waals surface area contributed by atoms with Crippen LogP contribution in [0.2, 0.25) is 5.02 Å². The number of carbonyl (C=O) groups is 1. The summed E-state index contributed by atoms with van der Waals surface area (Å²) < 4.78 is 15.2. The molecule has 3 aromatic rings. The molecule has 164 valence electrons. The first-order valence-electron chi connectivity index (χ1n) is 10.2. The maximum Gasteiger partial charge on any atom is 0.251 e. The molecule has 0 bridgehead atoms. The minimum absolute atomic E-state index is 0.165. The Kier molecular flexibility index (Phi) is 7.46. The molecule has 0 aliphatic carbocycles. The minimum atomic E-state index is -0.293. The fourth-order valence-corrected chi connectivity index (χ4v) is 3.59. The minimum Gasteiger partial charge on any atom is -0.345 e. The Bertz CT molecular complexity index is 1050. The van der Waals surface area contributed by atoms with Crippen molar-refractivity contribution in [1.82, 2.24) is 20.0 Å². The van der Waals surface area contributed by atoms with Gasteiger partial charge in [0.05, 0.1) is 29.0 Å². The largest absolute Gasteiger partial charge is 0.345 e. The van der Waals surface area contributed by atoms with Crippen LogP contribution in [0.25, 0.3) is 0 Å². The van der Waals surface area contributed by atoms with Crippen LogP contribution in [-0.2, 0) is 6.54 Å². The van der Waals surface area contributed by atoms with Gasteiger partial charge in [-0.2, -0.15) is 5.10 Å². The fraction of sp³-hybridized carbons (Fsp3) is 0.333. The molecule has 0 spiro atoms. The van der Waals surface area contributed by atoms with E-state index < -0.39 is 0 Å². The summed E-state index contributed by atoms with van der Waals surface area (Å²) >= 11 is 6.25. The predicted molar refractivity (Wildman–Crippen MR) is 122 cm³/mol. The van der Waals surface area contributed by atoms with Crippen LogP contribution in [0.1, 0.15) is 45.3 Å². The Morgan fingerprint density at radius 1 is 1.19 bits per heavy atom. The normalized spacial score (nSPS) is 12.2. The monoisotopic (exact) mass is 442 g/mol. The van der Waals surface area contributed by atoms with Gasteiger partial charge < -0.3 is 10.2 Å². The molecular formula is C24H28ClFN4O. The van der Waals surface area contributed by atoms with Gasteiger partial charge >= 0.3 is 0 Å². The number of rotatable bonds is 8. The zero-order valence-electron chi connectivity index (χ0n) is 18.3. The van der Waals surface area contributed by atoms with Crippen LogP contribution in [0, 0.1) is 19.7 Å². The molecule has 5 nitrogen and oxygen atoms in total. The SMILES string of the molecule is Cc1nn(Cc2cccc(C(=O)NC(CCN(C)C)c3ccc(F)cc3)c2)c(C)c1Cl. The average Bonchev–Trinajstić information content (AvgIpc) is 2.98. The van der Waals surface area contributed by atoms with E-state index in [2.05, 4.69) is 15.3 Å². The zero-order valence-corrected chi connectivity index (χ0v) is 19.1. The molecule has 1 heterocycles. The van der Waals surface area contributed by atoms with Crippen molar-refractivity contribution in [2.45, 2.75) is 32.9 Å². The number of nitrogens with one attached hydrogen (secondary N) is 1. The Morgan fingerprint density at radius 3 is 2.52 bits per heavy atom. The number of carbonyl (C=O) groups excluding carboxylic acids is 1.